The van der Waals surface area contributed by atoms with E-state index < -0.39 is 5.79 Å². The number of halogens is 1. The molecule has 0 spiro atoms. The van der Waals surface area contributed by atoms with Crippen molar-refractivity contribution in [3.63, 3.8) is 0 Å². The van der Waals surface area contributed by atoms with Gasteiger partial charge in [0.05, 0.1) is 30.4 Å². The van der Waals surface area contributed by atoms with Crippen molar-refractivity contribution in [2.75, 3.05) is 32.2 Å². The average molecular weight is 297 g/mol. The van der Waals surface area contributed by atoms with Gasteiger partial charge in [-0.3, -0.25) is 0 Å². The van der Waals surface area contributed by atoms with E-state index >= 15 is 0 Å². The fraction of sp³-hybridized carbons (Fsp3) is 0.417. The summed E-state index contributed by atoms with van der Waals surface area (Å²) >= 11 is 3.47. The molecule has 1 aliphatic heterocycles. The van der Waals surface area contributed by atoms with E-state index in [-0.39, 0.29) is 0 Å². The molecule has 0 amide bonds. The van der Waals surface area contributed by atoms with Gasteiger partial charge in [-0.2, -0.15) is 5.26 Å². The molecule has 5 heteroatoms. The van der Waals surface area contributed by atoms with Crippen molar-refractivity contribution >= 4 is 21.6 Å². The number of rotatable bonds is 3. The molecule has 0 atom stereocenters. The molecule has 90 valence electrons. The fourth-order valence-electron chi connectivity index (χ4n) is 1.88. The number of nitriles is 1. The van der Waals surface area contributed by atoms with Gasteiger partial charge in [0.15, 0.2) is 0 Å². The molecule has 0 bridgehead atoms. The molecule has 2 rings (SSSR count). The molecule has 17 heavy (non-hydrogen) atoms. The van der Waals surface area contributed by atoms with Gasteiger partial charge in [-0.15, -0.1) is 0 Å². The molecule has 0 aliphatic carbocycles. The van der Waals surface area contributed by atoms with Gasteiger partial charge in [-0.25, -0.2) is 0 Å². The first-order valence-electron chi connectivity index (χ1n) is 5.19. The molecule has 0 radical (unpaired) electrons. The molecule has 0 unspecified atom stereocenters. The number of hydrogen-bond acceptors (Lipinski definition) is 4. The zero-order valence-corrected chi connectivity index (χ0v) is 11.3. The maximum Gasteiger partial charge on any atom is 0.203 e. The zero-order valence-electron chi connectivity index (χ0n) is 9.74. The first kappa shape index (κ1) is 12.4. The van der Waals surface area contributed by atoms with Crippen LogP contribution in [0.15, 0.2) is 22.7 Å². The summed E-state index contributed by atoms with van der Waals surface area (Å²) in [5, 5.41) is 8.80. The standard InChI is InChI=1S/C12H13BrN2O2/c1-16-12(17-2)7-15(8-12)11-4-3-9(6-14)5-10(11)13/h3-5H,7-8H2,1-2H3. The molecule has 0 N–H and O–H groups in total. The highest BCUT2D eigenvalue weighted by Gasteiger charge is 2.44. The lowest BCUT2D eigenvalue weighted by atomic mass is 10.1. The minimum Gasteiger partial charge on any atom is -0.360 e. The van der Waals surface area contributed by atoms with Crippen LogP contribution in [0.25, 0.3) is 0 Å². The van der Waals surface area contributed by atoms with Crippen molar-refractivity contribution in [2.24, 2.45) is 0 Å². The summed E-state index contributed by atoms with van der Waals surface area (Å²) in [6, 6.07) is 7.66. The Balaban J connectivity index is 2.14. The predicted molar refractivity (Wildman–Crippen MR) is 67.8 cm³/mol. The van der Waals surface area contributed by atoms with E-state index in [0.29, 0.717) is 18.7 Å². The van der Waals surface area contributed by atoms with E-state index in [1.807, 2.05) is 12.1 Å². The number of anilines is 1. The lowest BCUT2D eigenvalue weighted by Gasteiger charge is -2.49. The third-order valence-corrected chi connectivity index (χ3v) is 3.66. The Bertz CT molecular complexity index is 458. The number of hydrogen-bond donors (Lipinski definition) is 0. The number of nitrogens with zero attached hydrogens (tertiary/aromatic N) is 2. The summed E-state index contributed by atoms with van der Waals surface area (Å²) < 4.78 is 11.6. The Morgan fingerprint density at radius 1 is 1.35 bits per heavy atom. The van der Waals surface area contributed by atoms with Gasteiger partial charge in [0.2, 0.25) is 5.79 Å². The highest BCUT2D eigenvalue weighted by atomic mass is 79.9. The van der Waals surface area contributed by atoms with E-state index in [1.54, 1.807) is 20.3 Å². The summed E-state index contributed by atoms with van der Waals surface area (Å²) in [5.74, 6) is -0.493. The lowest BCUT2D eigenvalue weighted by molar-refractivity contribution is -0.219. The minimum absolute atomic E-state index is 0.493. The second kappa shape index (κ2) is 4.65. The topological polar surface area (TPSA) is 45.5 Å². The molecule has 1 saturated heterocycles. The van der Waals surface area contributed by atoms with Crippen molar-refractivity contribution in [3.8, 4) is 6.07 Å². The van der Waals surface area contributed by atoms with Crippen LogP contribution in [0.2, 0.25) is 0 Å². The molecule has 1 aromatic carbocycles. The molecule has 0 aromatic heterocycles. The average Bonchev–Trinajstić information content (AvgIpc) is 2.30. The van der Waals surface area contributed by atoms with Crippen LogP contribution in [0.1, 0.15) is 5.56 Å². The Morgan fingerprint density at radius 3 is 2.47 bits per heavy atom. The summed E-state index contributed by atoms with van der Waals surface area (Å²) in [6.45, 7) is 1.37. The first-order valence-corrected chi connectivity index (χ1v) is 5.98. The maximum absolute atomic E-state index is 8.80. The number of ether oxygens (including phenoxy) is 2. The molecule has 4 nitrogen and oxygen atoms in total. The highest BCUT2D eigenvalue weighted by molar-refractivity contribution is 9.10. The SMILES string of the molecule is COC1(OC)CN(c2ccc(C#N)cc2Br)C1. The summed E-state index contributed by atoms with van der Waals surface area (Å²) in [6.07, 6.45) is 0. The third kappa shape index (κ3) is 2.16. The number of benzene rings is 1. The van der Waals surface area contributed by atoms with Crippen LogP contribution in [0, 0.1) is 11.3 Å². The molecular weight excluding hydrogens is 284 g/mol. The third-order valence-electron chi connectivity index (χ3n) is 3.03. The largest absolute Gasteiger partial charge is 0.360 e. The van der Waals surface area contributed by atoms with Crippen LogP contribution in [0.4, 0.5) is 5.69 Å². The minimum atomic E-state index is -0.493. The maximum atomic E-state index is 8.80. The van der Waals surface area contributed by atoms with Gasteiger partial charge in [-0.1, -0.05) is 0 Å². The molecule has 1 aliphatic rings. The smallest absolute Gasteiger partial charge is 0.203 e. The Labute approximate surface area is 109 Å². The Morgan fingerprint density at radius 2 is 2.00 bits per heavy atom. The van der Waals surface area contributed by atoms with Gasteiger partial charge in [-0.05, 0) is 34.1 Å². The van der Waals surface area contributed by atoms with E-state index in [2.05, 4.69) is 26.9 Å². The van der Waals surface area contributed by atoms with Crippen LogP contribution in [-0.4, -0.2) is 33.1 Å². The number of methoxy groups -OCH3 is 2. The van der Waals surface area contributed by atoms with E-state index in [9.17, 15) is 0 Å². The Kier molecular flexibility index (Phi) is 3.38. The van der Waals surface area contributed by atoms with Crippen molar-refractivity contribution < 1.29 is 9.47 Å². The molecule has 1 heterocycles. The molecule has 0 saturated carbocycles. The summed E-state index contributed by atoms with van der Waals surface area (Å²) in [5.41, 5.74) is 1.69. The van der Waals surface area contributed by atoms with Crippen LogP contribution < -0.4 is 4.90 Å². The van der Waals surface area contributed by atoms with Gasteiger partial charge in [0.25, 0.3) is 0 Å². The zero-order chi connectivity index (χ0) is 12.5. The molecular formula is C12H13BrN2O2. The van der Waals surface area contributed by atoms with Crippen LogP contribution >= 0.6 is 15.9 Å². The monoisotopic (exact) mass is 296 g/mol. The van der Waals surface area contributed by atoms with E-state index in [4.69, 9.17) is 14.7 Å². The Hall–Kier alpha value is -1.09. The van der Waals surface area contributed by atoms with Crippen molar-refractivity contribution in [3.05, 3.63) is 28.2 Å². The van der Waals surface area contributed by atoms with E-state index in [1.165, 1.54) is 0 Å². The quantitative estimate of drug-likeness (QED) is 0.802. The van der Waals surface area contributed by atoms with Gasteiger partial charge in [0, 0.05) is 18.7 Å². The first-order chi connectivity index (χ1) is 8.14. The normalized spacial score (nSPS) is 17.4. The summed E-state index contributed by atoms with van der Waals surface area (Å²) in [4.78, 5) is 2.14. The predicted octanol–water partition coefficient (Wildman–Crippen LogP) is 2.13. The second-order valence-corrected chi connectivity index (χ2v) is 4.81. The van der Waals surface area contributed by atoms with Crippen LogP contribution in [-0.2, 0) is 9.47 Å². The van der Waals surface area contributed by atoms with E-state index in [0.717, 1.165) is 10.2 Å². The summed E-state index contributed by atoms with van der Waals surface area (Å²) in [7, 11) is 3.29. The molecule has 1 aromatic rings. The fourth-order valence-corrected chi connectivity index (χ4v) is 2.51. The van der Waals surface area contributed by atoms with Gasteiger partial charge >= 0.3 is 0 Å². The van der Waals surface area contributed by atoms with Crippen LogP contribution in [0.5, 0.6) is 0 Å². The van der Waals surface area contributed by atoms with Crippen LogP contribution in [0.3, 0.4) is 0 Å². The van der Waals surface area contributed by atoms with Gasteiger partial charge < -0.3 is 14.4 Å². The highest BCUT2D eigenvalue weighted by Crippen LogP contribution is 2.35. The van der Waals surface area contributed by atoms with Crippen molar-refractivity contribution in [1.29, 1.82) is 5.26 Å². The van der Waals surface area contributed by atoms with Crippen molar-refractivity contribution in [2.45, 2.75) is 5.79 Å². The lowest BCUT2D eigenvalue weighted by Crippen LogP contribution is -2.64. The molecule has 1 fully saturated rings. The second-order valence-electron chi connectivity index (χ2n) is 3.95. The van der Waals surface area contributed by atoms with Gasteiger partial charge in [0.1, 0.15) is 0 Å². The van der Waals surface area contributed by atoms with Crippen molar-refractivity contribution in [1.82, 2.24) is 0 Å².